The minimum atomic E-state index is -4.06. The highest BCUT2D eigenvalue weighted by atomic mass is 32.2. The molecule has 8 rings (SSSR count). The van der Waals surface area contributed by atoms with E-state index in [4.69, 9.17) is 18.9 Å². The van der Waals surface area contributed by atoms with E-state index in [-0.39, 0.29) is 48.3 Å². The van der Waals surface area contributed by atoms with Crippen molar-refractivity contribution >= 4 is 49.9 Å². The number of carbonyl (C=O) groups is 2. The zero-order chi connectivity index (χ0) is 47.0. The van der Waals surface area contributed by atoms with E-state index >= 15 is 0 Å². The molecule has 0 unspecified atom stereocenters. The number of carbonyl (C=O) groups excluding carboxylic acids is 1. The fourth-order valence-electron chi connectivity index (χ4n) is 9.69. The Morgan fingerprint density at radius 3 is 2.42 bits per heavy atom. The highest BCUT2D eigenvalue weighted by Crippen LogP contribution is 2.48. The lowest BCUT2D eigenvalue weighted by molar-refractivity contribution is -0.181. The van der Waals surface area contributed by atoms with E-state index in [9.17, 15) is 28.2 Å². The molecule has 5 aromatic rings. The van der Waals surface area contributed by atoms with Crippen molar-refractivity contribution in [1.82, 2.24) is 9.62 Å². The normalized spacial score (nSPS) is 21.0. The number of carboxylic acids is 1. The number of aliphatic hydroxyl groups is 1. The summed E-state index contributed by atoms with van der Waals surface area (Å²) in [5, 5.41) is 31.1. The van der Waals surface area contributed by atoms with Gasteiger partial charge in [-0.2, -0.15) is 4.31 Å². The number of carboxylic acid groups (broad SMARTS) is 1. The first-order valence-corrected chi connectivity index (χ1v) is 25.0. The number of nitrogens with one attached hydrogen (secondary N) is 2. The first-order chi connectivity index (χ1) is 31.4. The number of benzene rings is 4. The molecular weight excluding hydrogens is 879 g/mol. The summed E-state index contributed by atoms with van der Waals surface area (Å²) in [4.78, 5) is 28.7. The van der Waals surface area contributed by atoms with Gasteiger partial charge in [0.05, 0.1) is 53.7 Å². The maximum absolute atomic E-state index is 14.1. The topological polar surface area (TPSA) is 173 Å². The van der Waals surface area contributed by atoms with Gasteiger partial charge < -0.3 is 39.8 Å². The lowest BCUT2D eigenvalue weighted by atomic mass is 9.75. The number of ether oxygens (including phenoxy) is 4. The summed E-state index contributed by atoms with van der Waals surface area (Å²) in [7, 11) is -2.55. The van der Waals surface area contributed by atoms with E-state index in [1.165, 1.54) is 23.5 Å². The predicted molar refractivity (Wildman–Crippen MR) is 256 cm³/mol. The second kappa shape index (κ2) is 19.3. The number of amides is 1. The molecule has 2 saturated heterocycles. The van der Waals surface area contributed by atoms with Crippen LogP contribution >= 0.6 is 11.3 Å². The smallest absolute Gasteiger partial charge is 0.407 e. The third-order valence-corrected chi connectivity index (χ3v) is 16.4. The van der Waals surface area contributed by atoms with Crippen molar-refractivity contribution in [2.75, 3.05) is 38.7 Å². The Morgan fingerprint density at radius 1 is 0.970 bits per heavy atom. The molecule has 15 heteroatoms. The van der Waals surface area contributed by atoms with Gasteiger partial charge >= 0.3 is 12.1 Å². The van der Waals surface area contributed by atoms with Crippen LogP contribution in [0, 0.1) is 17.3 Å². The summed E-state index contributed by atoms with van der Waals surface area (Å²) in [5.74, 6) is -1.43. The maximum Gasteiger partial charge on any atom is 0.407 e. The third kappa shape index (κ3) is 10.1. The monoisotopic (exact) mass is 939 g/mol. The number of sulfonamides is 1. The summed E-state index contributed by atoms with van der Waals surface area (Å²) < 4.78 is 52.2. The molecule has 1 aromatic heterocycles. The van der Waals surface area contributed by atoms with E-state index in [1.807, 2.05) is 57.2 Å². The summed E-state index contributed by atoms with van der Waals surface area (Å²) in [6, 6.07) is 25.0. The van der Waals surface area contributed by atoms with Crippen molar-refractivity contribution in [3.63, 3.8) is 0 Å². The minimum Gasteiger partial charge on any atom is -0.497 e. The Balaban J connectivity index is 1.03. The van der Waals surface area contributed by atoms with Crippen molar-refractivity contribution < 1.29 is 47.2 Å². The molecule has 66 heavy (non-hydrogen) atoms. The van der Waals surface area contributed by atoms with Crippen molar-refractivity contribution in [3.05, 3.63) is 112 Å². The second-order valence-electron chi connectivity index (χ2n) is 19.2. The van der Waals surface area contributed by atoms with Crippen LogP contribution in [0.15, 0.2) is 89.8 Å². The SMILES string of the molecule is COc1ccc(S(=O)(=O)N(CC(C)C)C[C@@H](O)[C@H](Cc2ccc(NCc3ccc4ccccc4c3-c3sc4c(c3C(=O)O)CC(C)(C)CC4)cc2)NC(=O)O[C@H]2CO[C@@]3(C)OCC[C@@H]23)cc1. The number of anilines is 1. The molecular formula is C51H61N3O10S2. The average Bonchev–Trinajstić information content (AvgIpc) is 3.95. The van der Waals surface area contributed by atoms with E-state index < -0.39 is 46.1 Å². The summed E-state index contributed by atoms with van der Waals surface area (Å²) >= 11 is 1.61. The first kappa shape index (κ1) is 47.5. The first-order valence-electron chi connectivity index (χ1n) is 22.7. The highest BCUT2D eigenvalue weighted by molar-refractivity contribution is 7.89. The zero-order valence-corrected chi connectivity index (χ0v) is 40.1. The maximum atomic E-state index is 14.1. The van der Waals surface area contributed by atoms with E-state index in [0.717, 1.165) is 67.7 Å². The van der Waals surface area contributed by atoms with Gasteiger partial charge in [-0.15, -0.1) is 11.3 Å². The number of alkyl carbamates (subject to hydrolysis) is 1. The van der Waals surface area contributed by atoms with Gasteiger partial charge in [-0.05, 0) is 114 Å². The van der Waals surface area contributed by atoms with Crippen LogP contribution in [0.1, 0.15) is 79.4 Å². The Kier molecular flexibility index (Phi) is 13.9. The molecule has 4 N–H and O–H groups in total. The fraction of sp³-hybridized carbons (Fsp3) is 0.451. The van der Waals surface area contributed by atoms with Gasteiger partial charge in [0.15, 0.2) is 5.79 Å². The number of hydrogen-bond donors (Lipinski definition) is 4. The number of methoxy groups -OCH3 is 1. The molecule has 2 aliphatic heterocycles. The van der Waals surface area contributed by atoms with E-state index in [0.29, 0.717) is 30.9 Å². The van der Waals surface area contributed by atoms with Gasteiger partial charge in [-0.3, -0.25) is 0 Å². The Morgan fingerprint density at radius 2 is 1.71 bits per heavy atom. The fourth-order valence-corrected chi connectivity index (χ4v) is 12.7. The van der Waals surface area contributed by atoms with Crippen LogP contribution in [0.3, 0.4) is 0 Å². The molecule has 0 saturated carbocycles. The molecule has 1 aliphatic carbocycles. The molecule has 13 nitrogen and oxygen atoms in total. The van der Waals surface area contributed by atoms with Gasteiger partial charge in [0.2, 0.25) is 10.0 Å². The molecule has 1 amide bonds. The molecule has 352 valence electrons. The lowest BCUT2D eigenvalue weighted by Gasteiger charge is -2.31. The quantitative estimate of drug-likeness (QED) is 0.0702. The van der Waals surface area contributed by atoms with Crippen LogP contribution in [0.5, 0.6) is 5.75 Å². The number of aliphatic hydroxyl groups excluding tert-OH is 1. The predicted octanol–water partition coefficient (Wildman–Crippen LogP) is 8.90. The number of aromatic carboxylic acids is 1. The molecule has 4 aromatic carbocycles. The highest BCUT2D eigenvalue weighted by Gasteiger charge is 2.53. The number of nitrogens with zero attached hydrogens (tertiary/aromatic N) is 1. The van der Waals surface area contributed by atoms with Crippen LogP contribution in [0.25, 0.3) is 21.2 Å². The molecule has 3 heterocycles. The lowest BCUT2D eigenvalue weighted by Crippen LogP contribution is -2.51. The second-order valence-corrected chi connectivity index (χ2v) is 22.2. The Labute approximate surface area is 391 Å². The number of fused-ring (bicyclic) bond motifs is 3. The van der Waals surface area contributed by atoms with Crippen molar-refractivity contribution in [2.45, 2.75) is 102 Å². The van der Waals surface area contributed by atoms with Gasteiger partial charge in [0.1, 0.15) is 11.9 Å². The van der Waals surface area contributed by atoms with Crippen LogP contribution in [0.2, 0.25) is 0 Å². The summed E-state index contributed by atoms with van der Waals surface area (Å²) in [6.07, 6.45) is 0.792. The minimum absolute atomic E-state index is 0.0213. The van der Waals surface area contributed by atoms with Gasteiger partial charge in [-0.25, -0.2) is 18.0 Å². The third-order valence-electron chi connectivity index (χ3n) is 13.3. The van der Waals surface area contributed by atoms with E-state index in [1.54, 1.807) is 23.5 Å². The van der Waals surface area contributed by atoms with E-state index in [2.05, 4.69) is 48.7 Å². The summed E-state index contributed by atoms with van der Waals surface area (Å²) in [6.45, 7) is 11.0. The average molecular weight is 940 g/mol. The Bertz CT molecular complexity index is 2670. The summed E-state index contributed by atoms with van der Waals surface area (Å²) in [5.41, 5.74) is 4.87. The zero-order valence-electron chi connectivity index (χ0n) is 38.5. The van der Waals surface area contributed by atoms with Crippen molar-refractivity contribution in [3.8, 4) is 16.2 Å². The van der Waals surface area contributed by atoms with Gasteiger partial charge in [0, 0.05) is 35.8 Å². The molecule has 3 aliphatic rings. The largest absolute Gasteiger partial charge is 0.497 e. The van der Waals surface area contributed by atoms with Gasteiger partial charge in [-0.1, -0.05) is 76.2 Å². The standard InChI is InChI=1S/C51H61N3O10S2/c1-31(2)28-54(66(59,60)37-19-17-36(61-6)18-20-37)29-42(55)41(53-49(58)64-43-30-63-51(5)40(43)22-24-62-51)25-32-11-15-35(16-12-32)52-27-34-14-13-33-9-7-8-10-38(33)45(34)47-46(48(56)57)39-26-50(3,4)23-21-44(39)65-47/h7-20,31,40-43,52,55H,21-30H2,1-6H3,(H,53,58)(H,56,57)/t40-,41-,42+,43-,51+/m0/s1. The molecule has 2 fully saturated rings. The van der Waals surface area contributed by atoms with Crippen LogP contribution in [-0.4, -0.2) is 92.4 Å². The van der Waals surface area contributed by atoms with Gasteiger partial charge in [0.25, 0.3) is 0 Å². The van der Waals surface area contributed by atoms with Crippen LogP contribution in [0.4, 0.5) is 10.5 Å². The van der Waals surface area contributed by atoms with Crippen molar-refractivity contribution in [1.29, 1.82) is 0 Å². The van der Waals surface area contributed by atoms with Crippen LogP contribution < -0.4 is 15.4 Å². The molecule has 0 bridgehead atoms. The number of rotatable bonds is 17. The number of hydrogen-bond acceptors (Lipinski definition) is 11. The number of aryl methyl sites for hydroxylation is 1. The number of thiophene rings is 1. The molecule has 0 radical (unpaired) electrons. The molecule has 5 atom stereocenters. The molecule has 0 spiro atoms. The van der Waals surface area contributed by atoms with Crippen LogP contribution in [-0.2, 0) is 50.0 Å². The van der Waals surface area contributed by atoms with Crippen molar-refractivity contribution in [2.24, 2.45) is 17.3 Å². The Hall–Kier alpha value is -5.03.